The van der Waals surface area contributed by atoms with Crippen molar-refractivity contribution in [3.05, 3.63) is 30.1 Å². The molecule has 5 heteroatoms. The molecule has 1 amide bonds. The lowest BCUT2D eigenvalue weighted by atomic mass is 10.0. The standard InChI is InChI=1S/C12H17N3OS/c1-3-10(11(13)17)12(16)15-8(2)9-4-6-14-7-5-9/h4-8,10H,3H2,1-2H3,(H2,13,17)(H,15,16). The number of nitrogens with two attached hydrogens (primary N) is 1. The molecule has 17 heavy (non-hydrogen) atoms. The number of amides is 1. The summed E-state index contributed by atoms with van der Waals surface area (Å²) in [6, 6.07) is 3.66. The molecular formula is C12H17N3OS. The zero-order valence-electron chi connectivity index (χ0n) is 10.0. The van der Waals surface area contributed by atoms with Crippen molar-refractivity contribution in [2.45, 2.75) is 26.3 Å². The van der Waals surface area contributed by atoms with Crippen molar-refractivity contribution in [2.24, 2.45) is 11.7 Å². The fourth-order valence-corrected chi connectivity index (χ4v) is 1.84. The molecule has 0 aliphatic rings. The Morgan fingerprint density at radius 3 is 2.59 bits per heavy atom. The van der Waals surface area contributed by atoms with Crippen molar-refractivity contribution in [1.29, 1.82) is 0 Å². The normalized spacial score (nSPS) is 13.8. The van der Waals surface area contributed by atoms with E-state index in [4.69, 9.17) is 18.0 Å². The second-order valence-electron chi connectivity index (χ2n) is 3.87. The monoisotopic (exact) mass is 251 g/mol. The van der Waals surface area contributed by atoms with Crippen LogP contribution in [0.25, 0.3) is 0 Å². The van der Waals surface area contributed by atoms with Gasteiger partial charge in [-0.3, -0.25) is 9.78 Å². The first kappa shape index (κ1) is 13.6. The van der Waals surface area contributed by atoms with E-state index in [1.807, 2.05) is 26.0 Å². The number of carbonyl (C=O) groups is 1. The molecule has 2 unspecified atom stereocenters. The summed E-state index contributed by atoms with van der Waals surface area (Å²) in [5.74, 6) is -0.515. The third kappa shape index (κ3) is 3.78. The minimum Gasteiger partial charge on any atom is -0.393 e. The second kappa shape index (κ2) is 6.30. The van der Waals surface area contributed by atoms with Crippen LogP contribution in [0.1, 0.15) is 31.9 Å². The highest BCUT2D eigenvalue weighted by atomic mass is 32.1. The van der Waals surface area contributed by atoms with Crippen LogP contribution in [0.2, 0.25) is 0 Å². The van der Waals surface area contributed by atoms with E-state index in [2.05, 4.69) is 10.3 Å². The van der Waals surface area contributed by atoms with Crippen LogP contribution >= 0.6 is 12.2 Å². The van der Waals surface area contributed by atoms with E-state index in [1.165, 1.54) is 0 Å². The van der Waals surface area contributed by atoms with Crippen LogP contribution in [-0.4, -0.2) is 15.9 Å². The van der Waals surface area contributed by atoms with Gasteiger partial charge in [0.1, 0.15) is 0 Å². The second-order valence-corrected chi connectivity index (χ2v) is 4.35. The number of thiocarbonyl (C=S) groups is 1. The van der Waals surface area contributed by atoms with Crippen molar-refractivity contribution in [2.75, 3.05) is 0 Å². The van der Waals surface area contributed by atoms with Gasteiger partial charge in [-0.25, -0.2) is 0 Å². The molecule has 4 nitrogen and oxygen atoms in total. The largest absolute Gasteiger partial charge is 0.393 e. The van der Waals surface area contributed by atoms with E-state index in [9.17, 15) is 4.79 Å². The van der Waals surface area contributed by atoms with Gasteiger partial charge in [0.15, 0.2) is 0 Å². The summed E-state index contributed by atoms with van der Waals surface area (Å²) in [5, 5.41) is 2.89. The van der Waals surface area contributed by atoms with Gasteiger partial charge in [0.2, 0.25) is 5.91 Å². The fourth-order valence-electron chi connectivity index (χ4n) is 1.57. The molecule has 0 aliphatic carbocycles. The molecule has 0 aliphatic heterocycles. The van der Waals surface area contributed by atoms with Crippen LogP contribution in [-0.2, 0) is 4.79 Å². The lowest BCUT2D eigenvalue weighted by Crippen LogP contribution is -2.38. The quantitative estimate of drug-likeness (QED) is 0.779. The van der Waals surface area contributed by atoms with Crippen molar-refractivity contribution in [1.82, 2.24) is 10.3 Å². The Kier molecular flexibility index (Phi) is 5.03. The molecule has 2 atom stereocenters. The van der Waals surface area contributed by atoms with Gasteiger partial charge in [-0.1, -0.05) is 19.1 Å². The number of nitrogens with one attached hydrogen (secondary N) is 1. The smallest absolute Gasteiger partial charge is 0.230 e. The number of aromatic nitrogens is 1. The maximum absolute atomic E-state index is 11.9. The van der Waals surface area contributed by atoms with Gasteiger partial charge >= 0.3 is 0 Å². The van der Waals surface area contributed by atoms with Crippen LogP contribution in [0.3, 0.4) is 0 Å². The molecule has 92 valence electrons. The van der Waals surface area contributed by atoms with Crippen LogP contribution < -0.4 is 11.1 Å². The maximum Gasteiger partial charge on any atom is 0.230 e. The predicted molar refractivity (Wildman–Crippen MR) is 71.4 cm³/mol. The minimum absolute atomic E-state index is 0.0751. The first-order valence-electron chi connectivity index (χ1n) is 5.55. The van der Waals surface area contributed by atoms with E-state index in [0.29, 0.717) is 6.42 Å². The van der Waals surface area contributed by atoms with E-state index in [-0.39, 0.29) is 16.9 Å². The van der Waals surface area contributed by atoms with E-state index < -0.39 is 5.92 Å². The van der Waals surface area contributed by atoms with Crippen LogP contribution in [0.4, 0.5) is 0 Å². The number of carbonyl (C=O) groups excluding carboxylic acids is 1. The summed E-state index contributed by atoms with van der Waals surface area (Å²) in [6.45, 7) is 3.81. The van der Waals surface area contributed by atoms with Gasteiger partial charge in [-0.05, 0) is 31.0 Å². The van der Waals surface area contributed by atoms with Crippen LogP contribution in [0.15, 0.2) is 24.5 Å². The topological polar surface area (TPSA) is 68.0 Å². The first-order valence-corrected chi connectivity index (χ1v) is 5.96. The molecule has 1 aromatic rings. The van der Waals surface area contributed by atoms with Crippen molar-refractivity contribution in [3.63, 3.8) is 0 Å². The maximum atomic E-state index is 11.9. The average molecular weight is 251 g/mol. The van der Waals surface area contributed by atoms with Crippen molar-refractivity contribution < 1.29 is 4.79 Å². The molecular weight excluding hydrogens is 234 g/mol. The van der Waals surface area contributed by atoms with Gasteiger partial charge in [0.05, 0.1) is 16.9 Å². The summed E-state index contributed by atoms with van der Waals surface area (Å²) in [4.78, 5) is 16.1. The van der Waals surface area contributed by atoms with Gasteiger partial charge in [0, 0.05) is 12.4 Å². The van der Waals surface area contributed by atoms with Gasteiger partial charge in [-0.15, -0.1) is 0 Å². The summed E-state index contributed by atoms with van der Waals surface area (Å²) < 4.78 is 0. The molecule has 0 spiro atoms. The third-order valence-electron chi connectivity index (χ3n) is 2.63. The molecule has 1 rings (SSSR count). The Labute approximate surface area is 107 Å². The molecule has 1 heterocycles. The Morgan fingerprint density at radius 1 is 1.53 bits per heavy atom. The molecule has 0 saturated heterocycles. The summed E-state index contributed by atoms with van der Waals surface area (Å²) in [5.41, 5.74) is 6.53. The number of pyridine rings is 1. The zero-order chi connectivity index (χ0) is 12.8. The van der Waals surface area contributed by atoms with Crippen LogP contribution in [0, 0.1) is 5.92 Å². The highest BCUT2D eigenvalue weighted by molar-refractivity contribution is 7.80. The molecule has 0 fully saturated rings. The summed E-state index contributed by atoms with van der Waals surface area (Å²) >= 11 is 4.87. The van der Waals surface area contributed by atoms with Crippen LogP contribution in [0.5, 0.6) is 0 Å². The highest BCUT2D eigenvalue weighted by Gasteiger charge is 2.20. The van der Waals surface area contributed by atoms with Gasteiger partial charge in [-0.2, -0.15) is 0 Å². The van der Waals surface area contributed by atoms with E-state index in [0.717, 1.165) is 5.56 Å². The Hall–Kier alpha value is -1.49. The average Bonchev–Trinajstić information content (AvgIpc) is 2.30. The predicted octanol–water partition coefficient (Wildman–Crippen LogP) is 1.57. The SMILES string of the molecule is CCC(C(=O)NC(C)c1ccncc1)C(N)=S. The number of hydrogen-bond acceptors (Lipinski definition) is 3. The zero-order valence-corrected chi connectivity index (χ0v) is 10.8. The van der Waals surface area contributed by atoms with Gasteiger partial charge < -0.3 is 11.1 Å². The molecule has 0 aromatic carbocycles. The number of rotatable bonds is 5. The van der Waals surface area contributed by atoms with E-state index >= 15 is 0 Å². The molecule has 1 aromatic heterocycles. The third-order valence-corrected chi connectivity index (χ3v) is 2.92. The molecule has 0 bridgehead atoms. The number of hydrogen-bond donors (Lipinski definition) is 2. The lowest BCUT2D eigenvalue weighted by molar-refractivity contribution is -0.123. The summed E-state index contributed by atoms with van der Waals surface area (Å²) in [7, 11) is 0. The lowest BCUT2D eigenvalue weighted by Gasteiger charge is -2.18. The van der Waals surface area contributed by atoms with Crippen molar-refractivity contribution in [3.8, 4) is 0 Å². The number of nitrogens with zero attached hydrogens (tertiary/aromatic N) is 1. The highest BCUT2D eigenvalue weighted by Crippen LogP contribution is 2.12. The van der Waals surface area contributed by atoms with Crippen molar-refractivity contribution >= 4 is 23.1 Å². The summed E-state index contributed by atoms with van der Waals surface area (Å²) in [6.07, 6.45) is 4.01. The molecule has 3 N–H and O–H groups in total. The minimum atomic E-state index is -0.394. The van der Waals surface area contributed by atoms with Gasteiger partial charge in [0.25, 0.3) is 0 Å². The Morgan fingerprint density at radius 2 is 2.12 bits per heavy atom. The fraction of sp³-hybridized carbons (Fsp3) is 0.417. The van der Waals surface area contributed by atoms with E-state index in [1.54, 1.807) is 12.4 Å². The Balaban J connectivity index is 2.66. The molecule has 0 radical (unpaired) electrons. The Bertz CT molecular complexity index is 394. The molecule has 0 saturated carbocycles. The first-order chi connectivity index (χ1) is 8.06.